The molecule has 3 N–H and O–H groups in total. The van der Waals surface area contributed by atoms with Gasteiger partial charge in [0.1, 0.15) is 6.04 Å². The zero-order valence-corrected chi connectivity index (χ0v) is 20.9. The lowest BCUT2D eigenvalue weighted by Gasteiger charge is -2.24. The second-order valence-corrected chi connectivity index (χ2v) is 9.45. The summed E-state index contributed by atoms with van der Waals surface area (Å²) in [5, 5.41) is 19.4. The molecule has 1 unspecified atom stereocenters. The highest BCUT2D eigenvalue weighted by molar-refractivity contribution is 5.99. The first kappa shape index (κ1) is 25.0. The Bertz CT molecular complexity index is 1310. The van der Waals surface area contributed by atoms with Gasteiger partial charge in [0, 0.05) is 24.5 Å². The summed E-state index contributed by atoms with van der Waals surface area (Å²) in [6.07, 6.45) is 2.99. The molecule has 0 aliphatic carbocycles. The van der Waals surface area contributed by atoms with Gasteiger partial charge in [-0.3, -0.25) is 4.79 Å². The Morgan fingerprint density at radius 1 is 1.03 bits per heavy atom. The molecular formula is C27H31N5O4. The Balaban J connectivity index is 1.42. The molecule has 0 saturated carbocycles. The lowest BCUT2D eigenvalue weighted by atomic mass is 9.98. The first-order valence-electron chi connectivity index (χ1n) is 12.0. The van der Waals surface area contributed by atoms with E-state index in [-0.39, 0.29) is 17.5 Å². The molecule has 1 aliphatic heterocycles. The van der Waals surface area contributed by atoms with Crippen LogP contribution >= 0.6 is 0 Å². The standard InChI is InChI=1S/C27H31N5O4/c1-16(2)21-9-7-19(14-17(21)3)28-27(36)31-12-5-6-23(31)25(33)29-24-11-13-32(30-24)20-8-10-22(26(34)35)18(4)15-20/h7-11,13-16,23H,5-6,12H2,1-4H3,(H,28,36)(H,34,35)(H,29,30,33). The minimum Gasteiger partial charge on any atom is -0.478 e. The molecule has 1 aliphatic rings. The van der Waals surface area contributed by atoms with Crippen molar-refractivity contribution in [1.29, 1.82) is 0 Å². The highest BCUT2D eigenvalue weighted by atomic mass is 16.4. The molecule has 2 heterocycles. The predicted octanol–water partition coefficient (Wildman–Crippen LogP) is 4.95. The average Bonchev–Trinajstić information content (AvgIpc) is 3.48. The number of benzene rings is 2. The van der Waals surface area contributed by atoms with Crippen molar-refractivity contribution in [1.82, 2.24) is 14.7 Å². The quantitative estimate of drug-likeness (QED) is 0.453. The zero-order chi connectivity index (χ0) is 26.0. The van der Waals surface area contributed by atoms with Crippen molar-refractivity contribution in [3.8, 4) is 5.69 Å². The molecule has 0 bridgehead atoms. The molecule has 4 rings (SSSR count). The molecule has 1 fully saturated rings. The number of rotatable bonds is 6. The van der Waals surface area contributed by atoms with E-state index in [0.717, 1.165) is 12.0 Å². The number of aromatic nitrogens is 2. The molecule has 188 valence electrons. The summed E-state index contributed by atoms with van der Waals surface area (Å²) in [6.45, 7) is 8.51. The van der Waals surface area contributed by atoms with E-state index in [2.05, 4.69) is 29.6 Å². The Morgan fingerprint density at radius 2 is 1.81 bits per heavy atom. The number of amides is 3. The van der Waals surface area contributed by atoms with E-state index >= 15 is 0 Å². The van der Waals surface area contributed by atoms with Crippen LogP contribution in [0, 0.1) is 13.8 Å². The summed E-state index contributed by atoms with van der Waals surface area (Å²) in [4.78, 5) is 38.8. The Labute approximate surface area is 210 Å². The summed E-state index contributed by atoms with van der Waals surface area (Å²) in [6, 6.07) is 11.5. The highest BCUT2D eigenvalue weighted by Crippen LogP contribution is 2.24. The molecule has 9 heteroatoms. The number of carbonyl (C=O) groups is 3. The maximum Gasteiger partial charge on any atom is 0.335 e. The van der Waals surface area contributed by atoms with Gasteiger partial charge in [-0.25, -0.2) is 14.3 Å². The molecular weight excluding hydrogens is 458 g/mol. The first-order chi connectivity index (χ1) is 17.1. The number of carboxylic acid groups (broad SMARTS) is 1. The number of hydrogen-bond donors (Lipinski definition) is 3. The minimum absolute atomic E-state index is 0.227. The smallest absolute Gasteiger partial charge is 0.335 e. The number of aromatic carboxylic acids is 1. The Kier molecular flexibility index (Phi) is 7.10. The maximum atomic E-state index is 13.0. The van der Waals surface area contributed by atoms with Gasteiger partial charge < -0.3 is 20.6 Å². The number of carboxylic acids is 1. The van der Waals surface area contributed by atoms with E-state index in [0.29, 0.717) is 41.6 Å². The third kappa shape index (κ3) is 5.25. The van der Waals surface area contributed by atoms with Crippen molar-refractivity contribution in [3.63, 3.8) is 0 Å². The molecule has 9 nitrogen and oxygen atoms in total. The number of likely N-dealkylation sites (tertiary alicyclic amines) is 1. The fraction of sp³-hybridized carbons (Fsp3) is 0.333. The average molecular weight is 490 g/mol. The second kappa shape index (κ2) is 10.2. The third-order valence-corrected chi connectivity index (χ3v) is 6.50. The molecule has 3 amide bonds. The second-order valence-electron chi connectivity index (χ2n) is 9.45. The molecule has 0 spiro atoms. The van der Waals surface area contributed by atoms with Crippen LogP contribution in [-0.2, 0) is 4.79 Å². The number of urea groups is 1. The molecule has 1 aromatic heterocycles. The number of nitrogens with one attached hydrogen (secondary N) is 2. The molecule has 1 saturated heterocycles. The molecule has 3 aromatic rings. The van der Waals surface area contributed by atoms with Crippen molar-refractivity contribution in [2.24, 2.45) is 0 Å². The Morgan fingerprint density at radius 3 is 2.47 bits per heavy atom. The van der Waals surface area contributed by atoms with Gasteiger partial charge in [-0.2, -0.15) is 5.10 Å². The molecule has 1 atom stereocenters. The van der Waals surface area contributed by atoms with Gasteiger partial charge in [-0.15, -0.1) is 0 Å². The summed E-state index contributed by atoms with van der Waals surface area (Å²) in [5.41, 5.74) is 4.57. The van der Waals surface area contributed by atoms with Gasteiger partial charge in [0.25, 0.3) is 0 Å². The van der Waals surface area contributed by atoms with E-state index in [1.54, 1.807) is 40.9 Å². The van der Waals surface area contributed by atoms with Gasteiger partial charge in [0.15, 0.2) is 5.82 Å². The normalized spacial score (nSPS) is 15.2. The third-order valence-electron chi connectivity index (χ3n) is 6.50. The van der Waals surface area contributed by atoms with E-state index in [1.165, 1.54) is 11.6 Å². The summed E-state index contributed by atoms with van der Waals surface area (Å²) >= 11 is 0. The van der Waals surface area contributed by atoms with E-state index < -0.39 is 12.0 Å². The van der Waals surface area contributed by atoms with Crippen molar-refractivity contribution in [2.75, 3.05) is 17.2 Å². The van der Waals surface area contributed by atoms with Gasteiger partial charge in [0.2, 0.25) is 5.91 Å². The number of hydrogen-bond acceptors (Lipinski definition) is 4. The topological polar surface area (TPSA) is 117 Å². The fourth-order valence-electron chi connectivity index (χ4n) is 4.65. The van der Waals surface area contributed by atoms with Crippen LogP contribution in [0.3, 0.4) is 0 Å². The highest BCUT2D eigenvalue weighted by Gasteiger charge is 2.34. The first-order valence-corrected chi connectivity index (χ1v) is 12.0. The largest absolute Gasteiger partial charge is 0.478 e. The number of aryl methyl sites for hydroxylation is 2. The van der Waals surface area contributed by atoms with Crippen LogP contribution in [0.5, 0.6) is 0 Å². The van der Waals surface area contributed by atoms with Crippen molar-refractivity contribution < 1.29 is 19.5 Å². The lowest BCUT2D eigenvalue weighted by Crippen LogP contribution is -2.45. The molecule has 0 radical (unpaired) electrons. The van der Waals surface area contributed by atoms with Crippen LogP contribution in [-0.4, -0.2) is 50.3 Å². The summed E-state index contributed by atoms with van der Waals surface area (Å²) in [5.74, 6) is -0.526. The van der Waals surface area contributed by atoms with Crippen LogP contribution < -0.4 is 10.6 Å². The van der Waals surface area contributed by atoms with Gasteiger partial charge in [0.05, 0.1) is 11.3 Å². The minimum atomic E-state index is -0.986. The van der Waals surface area contributed by atoms with Crippen LogP contribution in [0.1, 0.15) is 59.7 Å². The maximum absolute atomic E-state index is 13.0. The van der Waals surface area contributed by atoms with Crippen molar-refractivity contribution in [2.45, 2.75) is 52.5 Å². The predicted molar refractivity (Wildman–Crippen MR) is 138 cm³/mol. The Hall–Kier alpha value is -4.14. The summed E-state index contributed by atoms with van der Waals surface area (Å²) < 4.78 is 1.57. The van der Waals surface area contributed by atoms with Gasteiger partial charge in [-0.1, -0.05) is 19.9 Å². The molecule has 36 heavy (non-hydrogen) atoms. The van der Waals surface area contributed by atoms with E-state index in [4.69, 9.17) is 0 Å². The van der Waals surface area contributed by atoms with Crippen LogP contribution in [0.4, 0.5) is 16.3 Å². The van der Waals surface area contributed by atoms with Gasteiger partial charge in [-0.05, 0) is 79.6 Å². The van der Waals surface area contributed by atoms with Crippen molar-refractivity contribution in [3.05, 3.63) is 70.9 Å². The van der Waals surface area contributed by atoms with Crippen molar-refractivity contribution >= 4 is 29.4 Å². The lowest BCUT2D eigenvalue weighted by molar-refractivity contribution is -0.119. The van der Waals surface area contributed by atoms with E-state index in [9.17, 15) is 19.5 Å². The molecule has 2 aromatic carbocycles. The van der Waals surface area contributed by atoms with E-state index in [1.807, 2.05) is 25.1 Å². The van der Waals surface area contributed by atoms with Crippen LogP contribution in [0.2, 0.25) is 0 Å². The fourth-order valence-corrected chi connectivity index (χ4v) is 4.65. The monoisotopic (exact) mass is 489 g/mol. The number of nitrogens with zero attached hydrogens (tertiary/aromatic N) is 3. The number of anilines is 2. The SMILES string of the molecule is Cc1cc(-n2ccc(NC(=O)C3CCCN3C(=O)Nc3ccc(C(C)C)c(C)c3)n2)ccc1C(=O)O. The van der Waals surface area contributed by atoms with Gasteiger partial charge >= 0.3 is 12.0 Å². The summed E-state index contributed by atoms with van der Waals surface area (Å²) in [7, 11) is 0. The van der Waals surface area contributed by atoms with Crippen LogP contribution in [0.25, 0.3) is 5.69 Å². The zero-order valence-electron chi connectivity index (χ0n) is 20.9. The number of carbonyl (C=O) groups excluding carboxylic acids is 2. The van der Waals surface area contributed by atoms with Crippen LogP contribution in [0.15, 0.2) is 48.7 Å².